The van der Waals surface area contributed by atoms with E-state index < -0.39 is 5.69 Å². The summed E-state index contributed by atoms with van der Waals surface area (Å²) in [5.41, 5.74) is 1.43. The molecule has 0 aliphatic carbocycles. The number of anilines is 1. The number of H-pyrrole nitrogens is 1. The van der Waals surface area contributed by atoms with Crippen molar-refractivity contribution in [1.29, 1.82) is 0 Å². The molecule has 0 saturated carbocycles. The number of pyridine rings is 1. The van der Waals surface area contributed by atoms with E-state index >= 15 is 0 Å². The molecule has 0 amide bonds. The second kappa shape index (κ2) is 7.36. The van der Waals surface area contributed by atoms with Gasteiger partial charge in [-0.15, -0.1) is 0 Å². The Bertz CT molecular complexity index is 864. The molecule has 122 valence electrons. The number of hydrogen-bond donors (Lipinski definition) is 2. The van der Waals surface area contributed by atoms with E-state index in [-0.39, 0.29) is 0 Å². The largest absolute Gasteiger partial charge is 0.497 e. The van der Waals surface area contributed by atoms with Gasteiger partial charge in [-0.2, -0.15) is 9.97 Å². The zero-order valence-corrected chi connectivity index (χ0v) is 13.2. The van der Waals surface area contributed by atoms with Gasteiger partial charge in [0.15, 0.2) is 5.82 Å². The summed E-state index contributed by atoms with van der Waals surface area (Å²) in [6.07, 6.45) is 4.04. The molecule has 7 nitrogen and oxygen atoms in total. The van der Waals surface area contributed by atoms with Crippen LogP contribution in [0.25, 0.3) is 11.4 Å². The second-order valence-corrected chi connectivity index (χ2v) is 5.09. The van der Waals surface area contributed by atoms with E-state index in [2.05, 4.69) is 25.3 Å². The van der Waals surface area contributed by atoms with E-state index in [0.29, 0.717) is 18.3 Å². The molecule has 0 aliphatic heterocycles. The van der Waals surface area contributed by atoms with Crippen LogP contribution >= 0.6 is 0 Å². The molecule has 0 bridgehead atoms. The van der Waals surface area contributed by atoms with Gasteiger partial charge in [0.2, 0.25) is 5.95 Å². The Kier molecular flexibility index (Phi) is 4.81. The number of aromatic nitrogens is 4. The van der Waals surface area contributed by atoms with Crippen LogP contribution in [0.15, 0.2) is 53.6 Å². The molecule has 0 fully saturated rings. The van der Waals surface area contributed by atoms with Crippen molar-refractivity contribution in [2.45, 2.75) is 6.42 Å². The molecular weight excluding hydrogens is 306 g/mol. The number of methoxy groups -OCH3 is 1. The average Bonchev–Trinajstić information content (AvgIpc) is 2.62. The normalized spacial score (nSPS) is 10.4. The van der Waals surface area contributed by atoms with E-state index in [9.17, 15) is 4.79 Å². The Morgan fingerprint density at radius 1 is 1.17 bits per heavy atom. The van der Waals surface area contributed by atoms with Crippen LogP contribution in [0.4, 0.5) is 5.95 Å². The quantitative estimate of drug-likeness (QED) is 0.719. The first-order chi connectivity index (χ1) is 11.7. The van der Waals surface area contributed by atoms with Crippen molar-refractivity contribution < 1.29 is 4.74 Å². The first kappa shape index (κ1) is 15.7. The fourth-order valence-electron chi connectivity index (χ4n) is 2.25. The van der Waals surface area contributed by atoms with Crippen molar-refractivity contribution in [2.75, 3.05) is 19.0 Å². The third kappa shape index (κ3) is 3.95. The lowest BCUT2D eigenvalue weighted by Crippen LogP contribution is -2.18. The van der Waals surface area contributed by atoms with Crippen LogP contribution in [-0.2, 0) is 6.42 Å². The molecule has 0 aliphatic rings. The number of rotatable bonds is 6. The standard InChI is InChI=1S/C17H17N5O2/c1-24-14-4-2-3-12(11-14)5-10-19-16-20-15(21-17(23)22-16)13-6-8-18-9-7-13/h2-4,6-9,11H,5,10H2,1H3,(H2,19,20,21,22,23). The average molecular weight is 323 g/mol. The fraction of sp³-hybridized carbons (Fsp3) is 0.176. The lowest BCUT2D eigenvalue weighted by atomic mass is 10.1. The summed E-state index contributed by atoms with van der Waals surface area (Å²) in [5, 5.41) is 3.12. The molecule has 3 rings (SSSR count). The van der Waals surface area contributed by atoms with Crippen LogP contribution in [0.5, 0.6) is 5.75 Å². The maximum Gasteiger partial charge on any atom is 0.349 e. The van der Waals surface area contributed by atoms with Crippen molar-refractivity contribution in [1.82, 2.24) is 19.9 Å². The van der Waals surface area contributed by atoms with Crippen molar-refractivity contribution in [3.63, 3.8) is 0 Å². The van der Waals surface area contributed by atoms with Crippen LogP contribution in [-0.4, -0.2) is 33.6 Å². The predicted octanol–water partition coefficient (Wildman–Crippen LogP) is 1.89. The molecule has 7 heteroatoms. The van der Waals surface area contributed by atoms with Crippen molar-refractivity contribution in [3.05, 3.63) is 64.8 Å². The highest BCUT2D eigenvalue weighted by Gasteiger charge is 2.05. The minimum absolute atomic E-state index is 0.366. The minimum atomic E-state index is -0.444. The Morgan fingerprint density at radius 3 is 2.79 bits per heavy atom. The minimum Gasteiger partial charge on any atom is -0.497 e. The highest BCUT2D eigenvalue weighted by Crippen LogP contribution is 2.14. The van der Waals surface area contributed by atoms with E-state index in [0.717, 1.165) is 23.3 Å². The Balaban J connectivity index is 1.69. The van der Waals surface area contributed by atoms with Gasteiger partial charge in [-0.05, 0) is 36.2 Å². The second-order valence-electron chi connectivity index (χ2n) is 5.09. The number of ether oxygens (including phenoxy) is 1. The monoisotopic (exact) mass is 323 g/mol. The third-order valence-corrected chi connectivity index (χ3v) is 3.43. The van der Waals surface area contributed by atoms with Crippen LogP contribution < -0.4 is 15.7 Å². The first-order valence-corrected chi connectivity index (χ1v) is 7.50. The smallest absolute Gasteiger partial charge is 0.349 e. The van der Waals surface area contributed by atoms with E-state index in [1.54, 1.807) is 31.6 Å². The van der Waals surface area contributed by atoms with Gasteiger partial charge in [0.1, 0.15) is 5.75 Å². The molecule has 24 heavy (non-hydrogen) atoms. The third-order valence-electron chi connectivity index (χ3n) is 3.43. The lowest BCUT2D eigenvalue weighted by Gasteiger charge is -2.07. The number of benzene rings is 1. The van der Waals surface area contributed by atoms with Crippen LogP contribution in [0.3, 0.4) is 0 Å². The molecule has 0 radical (unpaired) electrons. The molecule has 3 aromatic rings. The summed E-state index contributed by atoms with van der Waals surface area (Å²) in [6.45, 7) is 0.621. The van der Waals surface area contributed by atoms with Gasteiger partial charge in [-0.25, -0.2) is 4.79 Å². The van der Waals surface area contributed by atoms with Gasteiger partial charge >= 0.3 is 5.69 Å². The predicted molar refractivity (Wildman–Crippen MR) is 91.1 cm³/mol. The van der Waals surface area contributed by atoms with Gasteiger partial charge in [0.25, 0.3) is 0 Å². The van der Waals surface area contributed by atoms with Crippen LogP contribution in [0.1, 0.15) is 5.56 Å². The number of aromatic amines is 1. The number of hydrogen-bond acceptors (Lipinski definition) is 6. The van der Waals surface area contributed by atoms with E-state index in [4.69, 9.17) is 4.74 Å². The summed E-state index contributed by atoms with van der Waals surface area (Å²) in [6, 6.07) is 11.4. The first-order valence-electron chi connectivity index (χ1n) is 7.50. The SMILES string of the molecule is COc1cccc(CCNc2nc(-c3ccncc3)nc(=O)[nH]2)c1. The van der Waals surface area contributed by atoms with E-state index in [1.165, 1.54) is 0 Å². The molecule has 2 N–H and O–H groups in total. The highest BCUT2D eigenvalue weighted by molar-refractivity contribution is 5.54. The number of nitrogens with one attached hydrogen (secondary N) is 2. The van der Waals surface area contributed by atoms with E-state index in [1.807, 2.05) is 24.3 Å². The number of nitrogens with zero attached hydrogens (tertiary/aromatic N) is 3. The Morgan fingerprint density at radius 2 is 2.00 bits per heavy atom. The maximum atomic E-state index is 11.7. The molecule has 0 atom stereocenters. The zero-order chi connectivity index (χ0) is 16.8. The fourth-order valence-corrected chi connectivity index (χ4v) is 2.25. The van der Waals surface area contributed by atoms with Crippen molar-refractivity contribution in [3.8, 4) is 17.1 Å². The molecule has 2 heterocycles. The Labute approximate surface area is 138 Å². The van der Waals surface area contributed by atoms with Gasteiger partial charge in [-0.3, -0.25) is 9.97 Å². The molecule has 0 unspecified atom stereocenters. The van der Waals surface area contributed by atoms with Gasteiger partial charge in [0, 0.05) is 24.5 Å². The molecule has 0 saturated heterocycles. The topological polar surface area (TPSA) is 92.8 Å². The van der Waals surface area contributed by atoms with Crippen molar-refractivity contribution in [2.24, 2.45) is 0 Å². The summed E-state index contributed by atoms with van der Waals surface area (Å²) in [7, 11) is 1.64. The maximum absolute atomic E-state index is 11.7. The summed E-state index contributed by atoms with van der Waals surface area (Å²) < 4.78 is 5.21. The lowest BCUT2D eigenvalue weighted by molar-refractivity contribution is 0.414. The van der Waals surface area contributed by atoms with Gasteiger partial charge < -0.3 is 10.1 Å². The van der Waals surface area contributed by atoms with Crippen LogP contribution in [0.2, 0.25) is 0 Å². The van der Waals surface area contributed by atoms with Crippen LogP contribution in [0, 0.1) is 0 Å². The molecular formula is C17H17N5O2. The van der Waals surface area contributed by atoms with Crippen molar-refractivity contribution >= 4 is 5.95 Å². The summed E-state index contributed by atoms with van der Waals surface area (Å²) in [4.78, 5) is 26.5. The zero-order valence-electron chi connectivity index (χ0n) is 13.2. The molecule has 0 spiro atoms. The Hall–Kier alpha value is -3.22. The van der Waals surface area contributed by atoms with Gasteiger partial charge in [-0.1, -0.05) is 12.1 Å². The molecule has 2 aromatic heterocycles. The van der Waals surface area contributed by atoms with Gasteiger partial charge in [0.05, 0.1) is 7.11 Å². The highest BCUT2D eigenvalue weighted by atomic mass is 16.5. The summed E-state index contributed by atoms with van der Waals surface area (Å²) in [5.74, 6) is 1.58. The summed E-state index contributed by atoms with van der Waals surface area (Å²) >= 11 is 0. The molecule has 1 aromatic carbocycles.